The number of nitrogens with zero attached hydrogens (tertiary/aromatic N) is 1. The number of ether oxygens (including phenoxy) is 3. The fraction of sp³-hybridized carbons (Fsp3) is 0.378. The average molecular weight is 657 g/mol. The number of aromatic amines is 1. The van der Waals surface area contributed by atoms with E-state index in [2.05, 4.69) is 22.0 Å². The molecule has 3 aliphatic heterocycles. The minimum atomic E-state index is -1.10. The number of carbonyl (C=O) groups is 1. The van der Waals surface area contributed by atoms with Crippen molar-refractivity contribution in [3.8, 4) is 28.7 Å². The third-order valence-corrected chi connectivity index (χ3v) is 10.5. The minimum Gasteiger partial charge on any atom is -0.507 e. The van der Waals surface area contributed by atoms with Crippen LogP contribution in [0.2, 0.25) is 0 Å². The molecule has 6 atom stereocenters. The summed E-state index contributed by atoms with van der Waals surface area (Å²) in [7, 11) is 2.83. The van der Waals surface area contributed by atoms with E-state index in [0.717, 1.165) is 23.0 Å². The number of carbonyl (C=O) groups excluding carboxylic acids is 1. The third kappa shape index (κ3) is 5.00. The number of aromatic nitrogens is 1. The van der Waals surface area contributed by atoms with Crippen LogP contribution in [0.4, 0.5) is 0 Å². The summed E-state index contributed by atoms with van der Waals surface area (Å²) in [4.78, 5) is 19.2. The summed E-state index contributed by atoms with van der Waals surface area (Å²) in [5, 5.41) is 56.0. The van der Waals surface area contributed by atoms with Crippen LogP contribution in [0, 0.1) is 11.8 Å². The van der Waals surface area contributed by atoms with Crippen LogP contribution in [0.25, 0.3) is 10.9 Å². The highest BCUT2D eigenvalue weighted by Crippen LogP contribution is 2.58. The molecule has 6 N–H and O–H groups in total. The zero-order valence-electron chi connectivity index (χ0n) is 27.0. The molecule has 0 spiro atoms. The van der Waals surface area contributed by atoms with Crippen LogP contribution in [-0.4, -0.2) is 68.3 Å². The molecule has 11 nitrogen and oxygen atoms in total. The second kappa shape index (κ2) is 12.3. The molecule has 11 heteroatoms. The van der Waals surface area contributed by atoms with Gasteiger partial charge in [-0.3, -0.25) is 4.90 Å². The Morgan fingerprint density at radius 3 is 2.56 bits per heavy atom. The van der Waals surface area contributed by atoms with Gasteiger partial charge in [0.2, 0.25) is 0 Å². The van der Waals surface area contributed by atoms with Crippen molar-refractivity contribution in [2.75, 3.05) is 20.8 Å². The van der Waals surface area contributed by atoms with E-state index in [9.17, 15) is 30.3 Å². The first-order valence-electron chi connectivity index (χ1n) is 16.3. The molecule has 1 aromatic heterocycles. The first-order chi connectivity index (χ1) is 23.2. The van der Waals surface area contributed by atoms with Crippen LogP contribution in [-0.2, 0) is 27.1 Å². The highest BCUT2D eigenvalue weighted by molar-refractivity contribution is 5.89. The molecule has 252 valence electrons. The molecule has 0 bridgehead atoms. The van der Waals surface area contributed by atoms with Crippen molar-refractivity contribution in [3.63, 3.8) is 0 Å². The largest absolute Gasteiger partial charge is 0.507 e. The number of phenols is 4. The van der Waals surface area contributed by atoms with Crippen molar-refractivity contribution in [2.24, 2.45) is 11.8 Å². The van der Waals surface area contributed by atoms with Crippen molar-refractivity contribution >= 4 is 16.9 Å². The highest BCUT2D eigenvalue weighted by Gasteiger charge is 2.50. The Bertz CT molecular complexity index is 1920. The first-order valence-corrected chi connectivity index (χ1v) is 16.3. The monoisotopic (exact) mass is 656 g/mol. The highest BCUT2D eigenvalue weighted by atomic mass is 16.5. The Hall–Kier alpha value is -4.87. The van der Waals surface area contributed by atoms with Crippen LogP contribution in [0.3, 0.4) is 0 Å². The summed E-state index contributed by atoms with van der Waals surface area (Å²) in [6.07, 6.45) is 1.38. The number of aromatic hydroxyl groups is 4. The maximum Gasteiger partial charge on any atom is 0.337 e. The van der Waals surface area contributed by atoms with Crippen molar-refractivity contribution in [2.45, 2.75) is 56.9 Å². The molecular weight excluding hydrogens is 616 g/mol. The van der Waals surface area contributed by atoms with Gasteiger partial charge in [-0.15, -0.1) is 0 Å². The zero-order chi connectivity index (χ0) is 33.9. The number of piperidine rings is 1. The number of hydrogen-bond acceptors (Lipinski definition) is 10. The molecule has 0 amide bonds. The van der Waals surface area contributed by atoms with Crippen LogP contribution < -0.4 is 4.74 Å². The molecule has 0 aliphatic carbocycles. The molecule has 4 heterocycles. The normalized spacial score (nSPS) is 25.5. The van der Waals surface area contributed by atoms with E-state index in [4.69, 9.17) is 14.2 Å². The van der Waals surface area contributed by atoms with Gasteiger partial charge in [0.1, 0.15) is 23.4 Å². The molecular formula is C37H40N2O9. The summed E-state index contributed by atoms with van der Waals surface area (Å²) in [5.41, 5.74) is 4.77. The number of nitrogens with one attached hydrogen (secondary N) is 1. The van der Waals surface area contributed by atoms with Gasteiger partial charge < -0.3 is 44.7 Å². The van der Waals surface area contributed by atoms with Crippen molar-refractivity contribution in [1.29, 1.82) is 0 Å². The van der Waals surface area contributed by atoms with E-state index in [1.165, 1.54) is 50.3 Å². The van der Waals surface area contributed by atoms with Crippen LogP contribution in [0.1, 0.15) is 65.9 Å². The topological polar surface area (TPSA) is 165 Å². The lowest BCUT2D eigenvalue weighted by molar-refractivity contribution is -0.138. The fourth-order valence-electron chi connectivity index (χ4n) is 8.40. The van der Waals surface area contributed by atoms with Gasteiger partial charge >= 0.3 is 5.97 Å². The van der Waals surface area contributed by atoms with Crippen LogP contribution in [0.5, 0.6) is 28.7 Å². The van der Waals surface area contributed by atoms with Crippen molar-refractivity contribution in [3.05, 3.63) is 88.3 Å². The van der Waals surface area contributed by atoms with E-state index >= 15 is 0 Å². The van der Waals surface area contributed by atoms with E-state index in [-0.39, 0.29) is 53.0 Å². The molecule has 48 heavy (non-hydrogen) atoms. The number of phenolic OH excluding ortho intramolecular Hbond substituents is 4. The molecule has 3 aliphatic rings. The number of fused-ring (bicyclic) bond motifs is 6. The van der Waals surface area contributed by atoms with Gasteiger partial charge in [0.25, 0.3) is 0 Å². The van der Waals surface area contributed by atoms with E-state index in [0.29, 0.717) is 41.6 Å². The molecule has 7 rings (SSSR count). The van der Waals surface area contributed by atoms with Crippen molar-refractivity contribution in [1.82, 2.24) is 9.88 Å². The molecule has 4 aromatic rings. The maximum absolute atomic E-state index is 13.2. The smallest absolute Gasteiger partial charge is 0.337 e. The van der Waals surface area contributed by atoms with Gasteiger partial charge in [0, 0.05) is 53.2 Å². The Morgan fingerprint density at radius 1 is 1.04 bits per heavy atom. The standard InChI is InChI=1S/C37H40N2O9/c1-4-19-22(24(17-46-2)37(45)47-3)14-26-33-21(20-7-5-6-8-25(20)38-33)11-12-39(26)34(19)32-29(42)16-31-23(35(32)44)15-30(43)36(48-31)18-9-10-27(40)28(41)13-18/h5-10,13,16-17,19,22,26,30,34,36,38,40-44H,4,11-12,14-15H2,1-3H3/b24-17+/t19-,22+,26+,30-,34-,36-/m1/s1. The number of aliphatic hydroxyl groups is 1. The Balaban J connectivity index is 1.36. The van der Waals surface area contributed by atoms with Gasteiger partial charge in [-0.2, -0.15) is 0 Å². The molecule has 0 saturated carbocycles. The first kappa shape index (κ1) is 31.7. The zero-order valence-corrected chi connectivity index (χ0v) is 27.0. The van der Waals surface area contributed by atoms with Gasteiger partial charge in [0.15, 0.2) is 11.5 Å². The Morgan fingerprint density at radius 2 is 1.83 bits per heavy atom. The van der Waals surface area contributed by atoms with E-state index in [1.807, 2.05) is 19.1 Å². The lowest BCUT2D eigenvalue weighted by atomic mass is 9.68. The lowest BCUT2D eigenvalue weighted by Gasteiger charge is -2.52. The fourth-order valence-corrected chi connectivity index (χ4v) is 8.40. The number of H-pyrrole nitrogens is 1. The number of esters is 1. The summed E-state index contributed by atoms with van der Waals surface area (Å²) in [6, 6.07) is 13.1. The van der Waals surface area contributed by atoms with Gasteiger partial charge in [0.05, 0.1) is 43.8 Å². The second-order valence-electron chi connectivity index (χ2n) is 12.9. The Labute approximate surface area is 277 Å². The predicted molar refractivity (Wildman–Crippen MR) is 176 cm³/mol. The molecule has 1 saturated heterocycles. The van der Waals surface area contributed by atoms with Crippen molar-refractivity contribution < 1.29 is 44.5 Å². The molecule has 1 fully saturated rings. The van der Waals surface area contributed by atoms with Crippen LogP contribution in [0.15, 0.2) is 60.4 Å². The Kier molecular flexibility index (Phi) is 8.13. The summed E-state index contributed by atoms with van der Waals surface area (Å²) in [5.74, 6) is -1.88. The van der Waals surface area contributed by atoms with E-state index in [1.54, 1.807) is 0 Å². The summed E-state index contributed by atoms with van der Waals surface area (Å²) >= 11 is 0. The number of aliphatic hydroxyl groups excluding tert-OH is 1. The summed E-state index contributed by atoms with van der Waals surface area (Å²) < 4.78 is 16.8. The number of benzene rings is 3. The summed E-state index contributed by atoms with van der Waals surface area (Å²) in [6.45, 7) is 2.68. The third-order valence-electron chi connectivity index (χ3n) is 10.5. The number of hydrogen-bond donors (Lipinski definition) is 6. The second-order valence-corrected chi connectivity index (χ2v) is 12.9. The number of rotatable bonds is 6. The maximum atomic E-state index is 13.2. The molecule has 0 unspecified atom stereocenters. The molecule has 3 aromatic carbocycles. The SMILES string of the molecule is CC[C@@H]1[C@@H](/C(=C\OC)C(=O)OC)C[C@H]2c3[nH]c4ccccc4c3CCN2[C@H]1c1c(O)cc2c(c1O)C[C@@H](O)[C@@H](c1ccc(O)c(O)c1)O2. The molecule has 0 radical (unpaired) electrons. The van der Waals surface area contributed by atoms with Gasteiger partial charge in [-0.1, -0.05) is 37.6 Å². The average Bonchev–Trinajstić information content (AvgIpc) is 3.47. The number of para-hydroxylation sites is 1. The predicted octanol–water partition coefficient (Wildman–Crippen LogP) is 5.42. The quantitative estimate of drug-likeness (QED) is 0.0684. The van der Waals surface area contributed by atoms with Crippen LogP contribution >= 0.6 is 0 Å². The van der Waals surface area contributed by atoms with Gasteiger partial charge in [-0.05, 0) is 48.1 Å². The van der Waals surface area contributed by atoms with E-state index < -0.39 is 24.2 Å². The number of methoxy groups -OCH3 is 2. The minimum absolute atomic E-state index is 0.0142. The van der Waals surface area contributed by atoms with Gasteiger partial charge in [-0.25, -0.2) is 4.79 Å². The lowest BCUT2D eigenvalue weighted by Crippen LogP contribution is -2.49.